The van der Waals surface area contributed by atoms with Crippen molar-refractivity contribution < 1.29 is 32.9 Å². The van der Waals surface area contributed by atoms with E-state index in [9.17, 15) is 0 Å². The Morgan fingerprint density at radius 1 is 0.222 bits per heavy atom. The zero-order valence-electron chi connectivity index (χ0n) is 4.22. The molecule has 0 aliphatic heterocycles. The van der Waals surface area contributed by atoms with Crippen LogP contribution in [-0.2, 0) is 0 Å². The highest BCUT2D eigenvalue weighted by Crippen LogP contribution is 0.692. The highest BCUT2D eigenvalue weighted by Gasteiger charge is -0.145. The summed E-state index contributed by atoms with van der Waals surface area (Å²) in [6.45, 7) is 0. The molecule has 0 amide bonds. The van der Waals surface area contributed by atoms with Crippen LogP contribution in [-0.4, -0.2) is 32.9 Å². The van der Waals surface area contributed by atoms with Crippen LogP contribution in [0.1, 0.15) is 0 Å². The maximum Gasteiger partial charge on any atom is -0.147 e. The summed E-state index contributed by atoms with van der Waals surface area (Å²) in [4.78, 5) is 0. The Morgan fingerprint density at radius 2 is 0.222 bits per heavy atom. The monoisotopic (exact) mass is 216 g/mol. The Balaban J connectivity index is 0. The van der Waals surface area contributed by atoms with E-state index in [1.807, 2.05) is 0 Å². The Hall–Kier alpha value is 0.630. The Morgan fingerprint density at radius 3 is 0.222 bits per heavy atom. The van der Waals surface area contributed by atoms with Crippen molar-refractivity contribution in [1.82, 2.24) is 0 Å². The van der Waals surface area contributed by atoms with Crippen LogP contribution < -0.4 is 0 Å². The molecule has 0 bridgehead atoms. The number of hydrogen-bond donors (Lipinski definition) is 0. The molecule has 0 aromatic heterocycles. The minimum atomic E-state index is 0. The Kier molecular flexibility index (Phi) is 254000. The molecule has 0 spiro atoms. The molecule has 0 aliphatic carbocycles. The summed E-state index contributed by atoms with van der Waals surface area (Å²) < 4.78 is 0. The van der Waals surface area contributed by atoms with Crippen LogP contribution in [0.2, 0.25) is 0 Å². The SMILES string of the molecule is Cl.Cl.Cl.O.O.O.O.O.O. The van der Waals surface area contributed by atoms with Crippen molar-refractivity contribution >= 4 is 37.2 Å². The van der Waals surface area contributed by atoms with Crippen LogP contribution in [0.15, 0.2) is 0 Å². The van der Waals surface area contributed by atoms with Crippen LogP contribution in [0.4, 0.5) is 0 Å². The second kappa shape index (κ2) is 1270. The van der Waals surface area contributed by atoms with E-state index < -0.39 is 0 Å². The summed E-state index contributed by atoms with van der Waals surface area (Å²) in [6.07, 6.45) is 0. The Bertz CT molecular complexity index is 8.26. The molecule has 0 aromatic carbocycles. The second-order valence-electron chi connectivity index (χ2n) is 0. The van der Waals surface area contributed by atoms with Crippen molar-refractivity contribution in [2.45, 2.75) is 0 Å². The molecule has 0 radical (unpaired) electrons. The van der Waals surface area contributed by atoms with Crippen molar-refractivity contribution in [2.24, 2.45) is 0 Å². The average Bonchev–Trinajstić information content (AvgIpc) is 0. The van der Waals surface area contributed by atoms with E-state index in [1.54, 1.807) is 0 Å². The van der Waals surface area contributed by atoms with Gasteiger partial charge in [-0.25, -0.2) is 0 Å². The molecule has 0 atom stereocenters. The predicted molar refractivity (Wildman–Crippen MR) is 43.4 cm³/mol. The van der Waals surface area contributed by atoms with Gasteiger partial charge in [0.1, 0.15) is 0 Å². The van der Waals surface area contributed by atoms with Gasteiger partial charge in [0.05, 0.1) is 0 Å². The zero-order valence-corrected chi connectivity index (χ0v) is 6.67. The van der Waals surface area contributed by atoms with Crippen LogP contribution in [0.5, 0.6) is 0 Å². The summed E-state index contributed by atoms with van der Waals surface area (Å²) >= 11 is 0. The topological polar surface area (TPSA) is 189 Å². The molecule has 0 saturated carbocycles. The lowest BCUT2D eigenvalue weighted by Gasteiger charge is -0.413. The van der Waals surface area contributed by atoms with E-state index >= 15 is 0 Å². The van der Waals surface area contributed by atoms with E-state index in [4.69, 9.17) is 0 Å². The number of rotatable bonds is 0. The third kappa shape index (κ3) is 956. The van der Waals surface area contributed by atoms with Gasteiger partial charge in [-0.15, -0.1) is 37.2 Å². The molecule has 9 heavy (non-hydrogen) atoms. The average molecular weight is 217 g/mol. The molecule has 0 fully saturated rings. The van der Waals surface area contributed by atoms with Gasteiger partial charge < -0.3 is 32.9 Å². The molecule has 9 heteroatoms. The van der Waals surface area contributed by atoms with Crippen LogP contribution in [0, 0.1) is 0 Å². The van der Waals surface area contributed by atoms with E-state index in [-0.39, 0.29) is 70.1 Å². The molecule has 0 heterocycles. The fourth-order valence-electron chi connectivity index (χ4n) is 0. The molecule has 0 aliphatic rings. The highest BCUT2D eigenvalue weighted by atomic mass is 35.5. The van der Waals surface area contributed by atoms with Gasteiger partial charge in [-0.1, -0.05) is 0 Å². The lowest BCUT2D eigenvalue weighted by molar-refractivity contribution is 0.823. The minimum Gasteiger partial charge on any atom is -0.412 e. The standard InChI is InChI=1S/3ClH.6H2O/h3*1H;6*1H2. The third-order valence-corrected chi connectivity index (χ3v) is 0. The van der Waals surface area contributed by atoms with Crippen molar-refractivity contribution in [3.05, 3.63) is 0 Å². The fraction of sp³-hybridized carbons (Fsp3) is 0. The second-order valence-corrected chi connectivity index (χ2v) is 0. The first-order valence-electron chi connectivity index (χ1n) is 0. The van der Waals surface area contributed by atoms with Gasteiger partial charge in [0.2, 0.25) is 0 Å². The number of halogens is 3. The molecule has 72 valence electrons. The summed E-state index contributed by atoms with van der Waals surface area (Å²) in [5.74, 6) is 0. The van der Waals surface area contributed by atoms with Gasteiger partial charge in [-0.2, -0.15) is 0 Å². The maximum atomic E-state index is 0. The van der Waals surface area contributed by atoms with Gasteiger partial charge in [-0.3, -0.25) is 0 Å². The molecule has 0 unspecified atom stereocenters. The van der Waals surface area contributed by atoms with Crippen LogP contribution in [0.25, 0.3) is 0 Å². The quantitative estimate of drug-likeness (QED) is 0.386. The smallest absolute Gasteiger partial charge is 0.147 e. The largest absolute Gasteiger partial charge is 0.412 e. The maximum absolute atomic E-state index is 0. The summed E-state index contributed by atoms with van der Waals surface area (Å²) in [7, 11) is 0. The summed E-state index contributed by atoms with van der Waals surface area (Å²) in [5.41, 5.74) is 0. The molecule has 12 N–H and O–H groups in total. The van der Waals surface area contributed by atoms with E-state index in [2.05, 4.69) is 0 Å². The molecule has 6 nitrogen and oxygen atoms in total. The number of hydrogen-bond acceptors (Lipinski definition) is 0. The summed E-state index contributed by atoms with van der Waals surface area (Å²) in [6, 6.07) is 0. The lowest BCUT2D eigenvalue weighted by atomic mass is 16.0. The van der Waals surface area contributed by atoms with Gasteiger partial charge >= 0.3 is 0 Å². The minimum absolute atomic E-state index is 0. The molecular formula is H15Cl3O6. The summed E-state index contributed by atoms with van der Waals surface area (Å²) in [5, 5.41) is 0. The van der Waals surface area contributed by atoms with Gasteiger partial charge in [0, 0.05) is 0 Å². The van der Waals surface area contributed by atoms with Crippen LogP contribution in [0.3, 0.4) is 0 Å². The Labute approximate surface area is 70.7 Å². The molecule has 0 saturated heterocycles. The fourth-order valence-corrected chi connectivity index (χ4v) is 0. The van der Waals surface area contributed by atoms with Crippen molar-refractivity contribution in [1.29, 1.82) is 0 Å². The van der Waals surface area contributed by atoms with E-state index in [0.717, 1.165) is 0 Å². The van der Waals surface area contributed by atoms with Gasteiger partial charge in [0.25, 0.3) is 0 Å². The van der Waals surface area contributed by atoms with Crippen molar-refractivity contribution in [3.8, 4) is 0 Å². The van der Waals surface area contributed by atoms with Crippen LogP contribution >= 0.6 is 37.2 Å². The third-order valence-electron chi connectivity index (χ3n) is 0. The van der Waals surface area contributed by atoms with E-state index in [0.29, 0.717) is 0 Å². The van der Waals surface area contributed by atoms with Crippen molar-refractivity contribution in [2.75, 3.05) is 0 Å². The predicted octanol–water partition coefficient (Wildman–Crippen LogP) is -3.68. The van der Waals surface area contributed by atoms with Gasteiger partial charge in [-0.05, 0) is 0 Å². The molecular weight excluding hydrogens is 202 g/mol. The first kappa shape index (κ1) is 1810. The first-order chi connectivity index (χ1) is 0. The normalized spacial score (nSPS) is 0. The molecule has 0 aromatic rings. The van der Waals surface area contributed by atoms with Crippen molar-refractivity contribution in [3.63, 3.8) is 0 Å². The molecule has 0 rings (SSSR count). The lowest BCUT2D eigenvalue weighted by Crippen LogP contribution is -0.290. The first-order valence-corrected chi connectivity index (χ1v) is 0. The zero-order chi connectivity index (χ0) is 0. The van der Waals surface area contributed by atoms with Gasteiger partial charge in [0.15, 0.2) is 0 Å². The van der Waals surface area contributed by atoms with E-state index in [1.165, 1.54) is 0 Å². The highest BCUT2D eigenvalue weighted by molar-refractivity contribution is 5.86.